The summed E-state index contributed by atoms with van der Waals surface area (Å²) in [6.45, 7) is 6.28. The summed E-state index contributed by atoms with van der Waals surface area (Å²) >= 11 is 0. The van der Waals surface area contributed by atoms with Crippen molar-refractivity contribution in [3.05, 3.63) is 47.3 Å². The Bertz CT molecular complexity index is 656. The standard InChI is InChI=1S/C25H35F3O/c1-3-5-6-7-17-8-10-18(11-9-17)22-15-14-21(23(24(22)26)25(27)28)19-12-13-20(4-2)29-16-19/h4,14-15,17-20,25H,2-3,5-13,16H2,1H3. The van der Waals surface area contributed by atoms with Crippen LogP contribution in [0.1, 0.15) is 106 Å². The fraction of sp³-hybridized carbons (Fsp3) is 0.680. The van der Waals surface area contributed by atoms with Gasteiger partial charge in [-0.3, -0.25) is 0 Å². The summed E-state index contributed by atoms with van der Waals surface area (Å²) < 4.78 is 48.7. The van der Waals surface area contributed by atoms with Gasteiger partial charge in [-0.2, -0.15) is 0 Å². The maximum atomic E-state index is 15.3. The van der Waals surface area contributed by atoms with Gasteiger partial charge in [-0.1, -0.05) is 50.8 Å². The molecule has 1 aromatic rings. The van der Waals surface area contributed by atoms with Crippen molar-refractivity contribution in [2.24, 2.45) is 5.92 Å². The van der Waals surface area contributed by atoms with Gasteiger partial charge in [-0.15, -0.1) is 6.58 Å². The lowest BCUT2D eigenvalue weighted by Crippen LogP contribution is -2.24. The van der Waals surface area contributed by atoms with Crippen molar-refractivity contribution >= 4 is 0 Å². The van der Waals surface area contributed by atoms with Crippen molar-refractivity contribution in [2.75, 3.05) is 6.61 Å². The summed E-state index contributed by atoms with van der Waals surface area (Å²) in [7, 11) is 0. The minimum atomic E-state index is -2.80. The summed E-state index contributed by atoms with van der Waals surface area (Å²) in [6, 6.07) is 3.52. The third kappa shape index (κ3) is 5.45. The molecule has 1 aliphatic carbocycles. The lowest BCUT2D eigenvalue weighted by atomic mass is 9.76. The first-order chi connectivity index (χ1) is 14.0. The molecule has 162 valence electrons. The zero-order valence-corrected chi connectivity index (χ0v) is 17.6. The van der Waals surface area contributed by atoms with Crippen LogP contribution in [0.5, 0.6) is 0 Å². The smallest absolute Gasteiger partial charge is 0.266 e. The zero-order valence-electron chi connectivity index (χ0n) is 17.6. The molecule has 0 aromatic heterocycles. The number of hydrogen-bond acceptors (Lipinski definition) is 1. The van der Waals surface area contributed by atoms with Crippen LogP contribution in [-0.2, 0) is 4.74 Å². The summed E-state index contributed by atoms with van der Waals surface area (Å²) in [4.78, 5) is 0. The second-order valence-electron chi connectivity index (χ2n) is 8.87. The van der Waals surface area contributed by atoms with E-state index in [1.54, 1.807) is 18.2 Å². The number of hydrogen-bond donors (Lipinski definition) is 0. The maximum Gasteiger partial charge on any atom is 0.266 e. The first kappa shape index (κ1) is 22.4. The van der Waals surface area contributed by atoms with Crippen LogP contribution < -0.4 is 0 Å². The van der Waals surface area contributed by atoms with Gasteiger partial charge in [0.1, 0.15) is 5.82 Å². The molecule has 1 aromatic carbocycles. The van der Waals surface area contributed by atoms with Crippen LogP contribution in [0.3, 0.4) is 0 Å². The highest BCUT2D eigenvalue weighted by Crippen LogP contribution is 2.43. The zero-order chi connectivity index (χ0) is 20.8. The molecule has 2 aliphatic rings. The van der Waals surface area contributed by atoms with Crippen LogP contribution in [0, 0.1) is 11.7 Å². The normalized spacial score (nSPS) is 27.9. The molecule has 1 nitrogen and oxygen atoms in total. The first-order valence-corrected chi connectivity index (χ1v) is 11.4. The number of alkyl halides is 2. The van der Waals surface area contributed by atoms with Gasteiger partial charge in [-0.05, 0) is 61.5 Å². The molecule has 2 atom stereocenters. The van der Waals surface area contributed by atoms with E-state index in [0.29, 0.717) is 23.7 Å². The largest absolute Gasteiger partial charge is 0.374 e. The Kier molecular flexibility index (Phi) is 8.23. The molecule has 4 heteroatoms. The van der Waals surface area contributed by atoms with Crippen molar-refractivity contribution in [3.8, 4) is 0 Å². The third-order valence-corrected chi connectivity index (χ3v) is 6.98. The predicted molar refractivity (Wildman–Crippen MR) is 112 cm³/mol. The fourth-order valence-electron chi connectivity index (χ4n) is 5.17. The van der Waals surface area contributed by atoms with Crippen LogP contribution in [0.2, 0.25) is 0 Å². The number of ether oxygens (including phenoxy) is 1. The van der Waals surface area contributed by atoms with E-state index in [1.807, 2.05) is 0 Å². The second kappa shape index (κ2) is 10.7. The Balaban J connectivity index is 1.71. The average Bonchev–Trinajstić information content (AvgIpc) is 2.74. The molecular weight excluding hydrogens is 373 g/mol. The molecular formula is C25H35F3O. The van der Waals surface area contributed by atoms with E-state index in [2.05, 4.69) is 13.5 Å². The molecule has 0 radical (unpaired) electrons. The Hall–Kier alpha value is -1.29. The number of rotatable bonds is 8. The highest BCUT2D eigenvalue weighted by Gasteiger charge is 2.31. The van der Waals surface area contributed by atoms with Gasteiger partial charge in [-0.25, -0.2) is 13.2 Å². The van der Waals surface area contributed by atoms with Crippen molar-refractivity contribution in [1.29, 1.82) is 0 Å². The van der Waals surface area contributed by atoms with Crippen LogP contribution in [0.15, 0.2) is 24.8 Å². The van der Waals surface area contributed by atoms with Crippen molar-refractivity contribution in [2.45, 2.75) is 95.5 Å². The highest BCUT2D eigenvalue weighted by molar-refractivity contribution is 5.39. The Morgan fingerprint density at radius 3 is 2.31 bits per heavy atom. The lowest BCUT2D eigenvalue weighted by Gasteiger charge is -2.31. The van der Waals surface area contributed by atoms with Gasteiger partial charge in [0.15, 0.2) is 0 Å². The number of unbranched alkanes of at least 4 members (excludes halogenated alkanes) is 2. The number of halogens is 3. The van der Waals surface area contributed by atoms with Gasteiger partial charge in [0.05, 0.1) is 18.3 Å². The van der Waals surface area contributed by atoms with Gasteiger partial charge >= 0.3 is 0 Å². The van der Waals surface area contributed by atoms with Crippen LogP contribution in [0.4, 0.5) is 13.2 Å². The summed E-state index contributed by atoms with van der Waals surface area (Å²) in [5, 5.41) is 0. The molecule has 2 unspecified atom stereocenters. The predicted octanol–water partition coefficient (Wildman–Crippen LogP) is 8.07. The third-order valence-electron chi connectivity index (χ3n) is 6.98. The molecule has 0 amide bonds. The SMILES string of the molecule is C=CC1CCC(c2ccc(C3CCC(CCCCC)CC3)c(F)c2C(F)F)CO1. The summed E-state index contributed by atoms with van der Waals surface area (Å²) in [5.41, 5.74) is 0.534. The first-order valence-electron chi connectivity index (χ1n) is 11.4. The minimum absolute atomic E-state index is 0.0297. The van der Waals surface area contributed by atoms with Crippen LogP contribution >= 0.6 is 0 Å². The van der Waals surface area contributed by atoms with E-state index in [-0.39, 0.29) is 17.9 Å². The molecule has 1 saturated heterocycles. The topological polar surface area (TPSA) is 9.23 Å². The molecule has 0 N–H and O–H groups in total. The fourth-order valence-corrected chi connectivity index (χ4v) is 5.17. The Morgan fingerprint density at radius 2 is 1.72 bits per heavy atom. The van der Waals surface area contributed by atoms with E-state index >= 15 is 4.39 Å². The maximum absolute atomic E-state index is 15.3. The van der Waals surface area contributed by atoms with Gasteiger partial charge < -0.3 is 4.74 Å². The van der Waals surface area contributed by atoms with E-state index in [4.69, 9.17) is 4.74 Å². The van der Waals surface area contributed by atoms with Crippen molar-refractivity contribution in [3.63, 3.8) is 0 Å². The van der Waals surface area contributed by atoms with E-state index < -0.39 is 17.8 Å². The summed E-state index contributed by atoms with van der Waals surface area (Å²) in [5.74, 6) is -0.0607. The van der Waals surface area contributed by atoms with Crippen LogP contribution in [0.25, 0.3) is 0 Å². The Labute approximate surface area is 173 Å². The van der Waals surface area contributed by atoms with Crippen LogP contribution in [-0.4, -0.2) is 12.7 Å². The molecule has 1 saturated carbocycles. The molecule has 0 spiro atoms. The summed E-state index contributed by atoms with van der Waals surface area (Å²) in [6.07, 6.45) is 9.36. The van der Waals surface area contributed by atoms with E-state index in [9.17, 15) is 8.78 Å². The molecule has 1 heterocycles. The average molecular weight is 409 g/mol. The second-order valence-corrected chi connectivity index (χ2v) is 8.87. The van der Waals surface area contributed by atoms with Crippen molar-refractivity contribution < 1.29 is 17.9 Å². The van der Waals surface area contributed by atoms with E-state index in [0.717, 1.165) is 38.5 Å². The van der Waals surface area contributed by atoms with Crippen molar-refractivity contribution in [1.82, 2.24) is 0 Å². The quantitative estimate of drug-likeness (QED) is 0.312. The highest BCUT2D eigenvalue weighted by atomic mass is 19.3. The van der Waals surface area contributed by atoms with Gasteiger partial charge in [0.2, 0.25) is 0 Å². The molecule has 0 bridgehead atoms. The lowest BCUT2D eigenvalue weighted by molar-refractivity contribution is 0.0316. The minimum Gasteiger partial charge on any atom is -0.374 e. The van der Waals surface area contributed by atoms with Gasteiger partial charge in [0, 0.05) is 5.92 Å². The number of benzene rings is 1. The monoisotopic (exact) mass is 408 g/mol. The van der Waals surface area contributed by atoms with Gasteiger partial charge in [0.25, 0.3) is 6.43 Å². The Morgan fingerprint density at radius 1 is 1.03 bits per heavy atom. The molecule has 3 rings (SSSR count). The molecule has 2 fully saturated rings. The molecule has 1 aliphatic heterocycles. The molecule has 29 heavy (non-hydrogen) atoms. The van der Waals surface area contributed by atoms with E-state index in [1.165, 1.54) is 25.7 Å².